The van der Waals surface area contributed by atoms with Gasteiger partial charge in [-0.1, -0.05) is 18.5 Å². The number of nitrogens with zero attached hydrogens (tertiary/aromatic N) is 2. The minimum absolute atomic E-state index is 0.326. The van der Waals surface area contributed by atoms with Crippen LogP contribution in [0.3, 0.4) is 0 Å². The van der Waals surface area contributed by atoms with Crippen LogP contribution in [0.4, 0.5) is 0 Å². The van der Waals surface area contributed by atoms with Gasteiger partial charge in [0.15, 0.2) is 0 Å². The molecular formula is C15H24ClN3. The van der Waals surface area contributed by atoms with Gasteiger partial charge in [-0.15, -0.1) is 0 Å². The van der Waals surface area contributed by atoms with Crippen LogP contribution in [0.25, 0.3) is 0 Å². The van der Waals surface area contributed by atoms with Crippen LogP contribution in [-0.2, 0) is 13.5 Å². The molecule has 19 heavy (non-hydrogen) atoms. The predicted molar refractivity (Wildman–Crippen MR) is 78.5 cm³/mol. The van der Waals surface area contributed by atoms with Gasteiger partial charge in [-0.3, -0.25) is 4.68 Å². The van der Waals surface area contributed by atoms with Gasteiger partial charge in [0.25, 0.3) is 0 Å². The second kappa shape index (κ2) is 4.78. The van der Waals surface area contributed by atoms with Crippen molar-refractivity contribution in [1.29, 1.82) is 0 Å². The maximum Gasteiger partial charge on any atom is 0.0847 e. The highest BCUT2D eigenvalue weighted by molar-refractivity contribution is 6.31. The summed E-state index contributed by atoms with van der Waals surface area (Å²) in [6.45, 7) is 5.52. The normalized spacial score (nSPS) is 22.5. The first-order valence-corrected chi connectivity index (χ1v) is 7.79. The van der Waals surface area contributed by atoms with Crippen molar-refractivity contribution in [2.45, 2.75) is 52.0 Å². The van der Waals surface area contributed by atoms with Crippen LogP contribution in [0.15, 0.2) is 0 Å². The van der Waals surface area contributed by atoms with E-state index in [1.54, 1.807) is 0 Å². The largest absolute Gasteiger partial charge is 0.313 e. The Labute approximate surface area is 120 Å². The van der Waals surface area contributed by atoms with Crippen molar-refractivity contribution in [2.24, 2.45) is 18.4 Å². The summed E-state index contributed by atoms with van der Waals surface area (Å²) in [6, 6.07) is 0.779. The molecule has 0 bridgehead atoms. The van der Waals surface area contributed by atoms with E-state index in [0.717, 1.165) is 35.6 Å². The van der Waals surface area contributed by atoms with Gasteiger partial charge < -0.3 is 5.32 Å². The van der Waals surface area contributed by atoms with Gasteiger partial charge in [0.1, 0.15) is 0 Å². The molecule has 1 aromatic heterocycles. The van der Waals surface area contributed by atoms with Crippen LogP contribution in [0.5, 0.6) is 0 Å². The van der Waals surface area contributed by atoms with E-state index in [4.69, 9.17) is 11.6 Å². The molecule has 0 saturated heterocycles. The Hall–Kier alpha value is -0.540. The highest BCUT2D eigenvalue weighted by atomic mass is 35.5. The highest BCUT2D eigenvalue weighted by Gasteiger charge is 2.43. The summed E-state index contributed by atoms with van der Waals surface area (Å²) < 4.78 is 1.97. The van der Waals surface area contributed by atoms with Crippen molar-refractivity contribution in [3.63, 3.8) is 0 Å². The number of nitrogens with one attached hydrogen (secondary N) is 1. The lowest BCUT2D eigenvalue weighted by Gasteiger charge is -2.30. The summed E-state index contributed by atoms with van der Waals surface area (Å²) in [6.07, 6.45) is 6.49. The van der Waals surface area contributed by atoms with Gasteiger partial charge in [0.2, 0.25) is 0 Å². The molecule has 0 spiro atoms. The average Bonchev–Trinajstić information content (AvgIpc) is 3.25. The Kier molecular flexibility index (Phi) is 3.38. The van der Waals surface area contributed by atoms with E-state index >= 15 is 0 Å². The van der Waals surface area contributed by atoms with Crippen molar-refractivity contribution < 1.29 is 0 Å². The third kappa shape index (κ3) is 2.82. The SMILES string of the molecule is Cc1nn(C)c(CC(C)(CNC2CC2)C2CC2)c1Cl. The Bertz CT molecular complexity index is 474. The zero-order valence-corrected chi connectivity index (χ0v) is 12.9. The van der Waals surface area contributed by atoms with Crippen LogP contribution in [-0.4, -0.2) is 22.4 Å². The molecule has 2 saturated carbocycles. The van der Waals surface area contributed by atoms with E-state index < -0.39 is 0 Å². The molecule has 1 N–H and O–H groups in total. The summed E-state index contributed by atoms with van der Waals surface area (Å²) in [5.74, 6) is 0.852. The number of halogens is 1. The molecule has 1 unspecified atom stereocenters. The van der Waals surface area contributed by atoms with Crippen molar-refractivity contribution in [2.75, 3.05) is 6.54 Å². The predicted octanol–water partition coefficient (Wildman–Crippen LogP) is 3.09. The lowest BCUT2D eigenvalue weighted by atomic mass is 9.80. The third-order valence-corrected chi connectivity index (χ3v) is 5.26. The number of rotatable bonds is 6. The molecule has 2 fully saturated rings. The number of hydrogen-bond donors (Lipinski definition) is 1. The lowest BCUT2D eigenvalue weighted by molar-refractivity contribution is 0.249. The smallest absolute Gasteiger partial charge is 0.0847 e. The molecule has 106 valence electrons. The minimum atomic E-state index is 0.326. The van der Waals surface area contributed by atoms with E-state index in [1.165, 1.54) is 31.4 Å². The van der Waals surface area contributed by atoms with Crippen LogP contribution >= 0.6 is 11.6 Å². The summed E-state index contributed by atoms with van der Waals surface area (Å²) in [4.78, 5) is 0. The van der Waals surface area contributed by atoms with Crippen LogP contribution in [0.2, 0.25) is 5.02 Å². The van der Waals surface area contributed by atoms with Crippen molar-refractivity contribution in [3.05, 3.63) is 16.4 Å². The van der Waals surface area contributed by atoms with Gasteiger partial charge in [-0.05, 0) is 50.4 Å². The van der Waals surface area contributed by atoms with Gasteiger partial charge in [-0.25, -0.2) is 0 Å². The molecule has 4 heteroatoms. The summed E-state index contributed by atoms with van der Waals surface area (Å²) in [5, 5.41) is 9.02. The quantitative estimate of drug-likeness (QED) is 0.868. The number of aryl methyl sites for hydroxylation is 2. The van der Waals surface area contributed by atoms with E-state index in [9.17, 15) is 0 Å². The second-order valence-corrected chi connectivity index (χ2v) is 7.11. The molecular weight excluding hydrogens is 258 g/mol. The zero-order chi connectivity index (χ0) is 13.6. The summed E-state index contributed by atoms with van der Waals surface area (Å²) >= 11 is 6.42. The van der Waals surface area contributed by atoms with E-state index in [1.807, 2.05) is 18.7 Å². The van der Waals surface area contributed by atoms with Gasteiger partial charge in [0, 0.05) is 19.6 Å². The Morgan fingerprint density at radius 3 is 2.53 bits per heavy atom. The summed E-state index contributed by atoms with van der Waals surface area (Å²) in [5.41, 5.74) is 2.48. The van der Waals surface area contributed by atoms with Crippen LogP contribution in [0, 0.1) is 18.3 Å². The maximum absolute atomic E-state index is 6.42. The first-order chi connectivity index (χ1) is 8.99. The molecule has 2 aliphatic rings. The maximum atomic E-state index is 6.42. The van der Waals surface area contributed by atoms with Crippen LogP contribution in [0.1, 0.15) is 44.0 Å². The standard InChI is InChI=1S/C15H24ClN3/c1-10-14(16)13(19(3)18-10)8-15(2,11-4-5-11)9-17-12-6-7-12/h11-12,17H,4-9H2,1-3H3. The Morgan fingerprint density at radius 1 is 1.37 bits per heavy atom. The van der Waals surface area contributed by atoms with Gasteiger partial charge >= 0.3 is 0 Å². The zero-order valence-electron chi connectivity index (χ0n) is 12.2. The lowest BCUT2D eigenvalue weighted by Crippen LogP contribution is -2.37. The number of hydrogen-bond acceptors (Lipinski definition) is 2. The monoisotopic (exact) mass is 281 g/mol. The fourth-order valence-electron chi connectivity index (χ4n) is 3.05. The first-order valence-electron chi connectivity index (χ1n) is 7.41. The van der Waals surface area contributed by atoms with E-state index in [0.29, 0.717) is 5.41 Å². The van der Waals surface area contributed by atoms with E-state index in [2.05, 4.69) is 17.3 Å². The van der Waals surface area contributed by atoms with Gasteiger partial charge in [0.05, 0.1) is 16.4 Å². The van der Waals surface area contributed by atoms with Crippen molar-refractivity contribution in [3.8, 4) is 0 Å². The molecule has 1 atom stereocenters. The first kappa shape index (κ1) is 13.4. The second-order valence-electron chi connectivity index (χ2n) is 6.73. The molecule has 1 aromatic rings. The molecule has 0 aliphatic heterocycles. The Morgan fingerprint density at radius 2 is 2.05 bits per heavy atom. The van der Waals surface area contributed by atoms with Crippen molar-refractivity contribution in [1.82, 2.24) is 15.1 Å². The molecule has 0 amide bonds. The molecule has 3 rings (SSSR count). The molecule has 0 aromatic carbocycles. The average molecular weight is 282 g/mol. The molecule has 2 aliphatic carbocycles. The van der Waals surface area contributed by atoms with Gasteiger partial charge in [-0.2, -0.15) is 5.10 Å². The highest BCUT2D eigenvalue weighted by Crippen LogP contribution is 2.48. The molecule has 1 heterocycles. The Balaban J connectivity index is 1.75. The summed E-state index contributed by atoms with van der Waals surface area (Å²) in [7, 11) is 2.01. The topological polar surface area (TPSA) is 29.9 Å². The third-order valence-electron chi connectivity index (χ3n) is 4.77. The fourth-order valence-corrected chi connectivity index (χ4v) is 3.28. The van der Waals surface area contributed by atoms with E-state index in [-0.39, 0.29) is 0 Å². The fraction of sp³-hybridized carbons (Fsp3) is 0.800. The minimum Gasteiger partial charge on any atom is -0.313 e. The van der Waals surface area contributed by atoms with Crippen LogP contribution < -0.4 is 5.32 Å². The molecule has 0 radical (unpaired) electrons. The number of aromatic nitrogens is 2. The van der Waals surface area contributed by atoms with Crippen molar-refractivity contribution >= 4 is 11.6 Å². The molecule has 3 nitrogen and oxygen atoms in total.